The molecule has 0 aliphatic rings. The summed E-state index contributed by atoms with van der Waals surface area (Å²) in [6, 6.07) is 11.6. The van der Waals surface area contributed by atoms with Crippen molar-refractivity contribution >= 4 is 28.5 Å². The van der Waals surface area contributed by atoms with Crippen LogP contribution in [-0.4, -0.2) is 48.0 Å². The van der Waals surface area contributed by atoms with Gasteiger partial charge < -0.3 is 19.9 Å². The van der Waals surface area contributed by atoms with Crippen molar-refractivity contribution in [2.45, 2.75) is 45.4 Å². The highest BCUT2D eigenvalue weighted by molar-refractivity contribution is 5.84. The summed E-state index contributed by atoms with van der Waals surface area (Å²) in [6.45, 7) is 8.81. The molecule has 0 spiro atoms. The molecule has 3 heterocycles. The monoisotopic (exact) mass is 543 g/mol. The van der Waals surface area contributed by atoms with E-state index >= 15 is 4.39 Å². The molecule has 0 aliphatic carbocycles. The summed E-state index contributed by atoms with van der Waals surface area (Å²) in [7, 11) is 0. The van der Waals surface area contributed by atoms with Crippen LogP contribution < -0.4 is 5.56 Å². The lowest BCUT2D eigenvalue weighted by Gasteiger charge is -2.20. The molecule has 5 aromatic rings. The molecule has 0 fully saturated rings. The number of aliphatic hydroxyl groups excluding tert-OH is 3. The first kappa shape index (κ1) is 27.3. The summed E-state index contributed by atoms with van der Waals surface area (Å²) in [4.78, 5) is 22.1. The molecule has 3 N–H and O–H groups in total. The normalized spacial score (nSPS) is 12.8. The Balaban J connectivity index is 1.75. The van der Waals surface area contributed by atoms with Crippen molar-refractivity contribution in [3.05, 3.63) is 93.4 Å². The van der Waals surface area contributed by atoms with E-state index < -0.39 is 30.7 Å². The molecule has 0 bridgehead atoms. The van der Waals surface area contributed by atoms with Crippen molar-refractivity contribution in [2.75, 3.05) is 6.61 Å². The summed E-state index contributed by atoms with van der Waals surface area (Å²) in [5, 5.41) is 35.5. The molecule has 10 heteroatoms. The quantitative estimate of drug-likeness (QED) is 0.268. The van der Waals surface area contributed by atoms with Gasteiger partial charge in [0.25, 0.3) is 5.56 Å². The van der Waals surface area contributed by atoms with Gasteiger partial charge in [0.15, 0.2) is 0 Å². The predicted octanol–water partition coefficient (Wildman–Crippen LogP) is 3.88. The Morgan fingerprint density at radius 2 is 1.88 bits per heavy atom. The highest BCUT2D eigenvalue weighted by Crippen LogP contribution is 2.31. The van der Waals surface area contributed by atoms with Crippen LogP contribution in [0.3, 0.4) is 0 Å². The van der Waals surface area contributed by atoms with E-state index in [9.17, 15) is 20.1 Å². The Hall–Kier alpha value is -4.25. The van der Waals surface area contributed by atoms with Crippen LogP contribution in [0, 0.1) is 5.82 Å². The van der Waals surface area contributed by atoms with Crippen LogP contribution in [0.4, 0.5) is 4.39 Å². The minimum Gasteiger partial charge on any atom is -0.393 e. The topological polar surface area (TPSA) is 126 Å². The molecule has 9 nitrogen and oxygen atoms in total. The number of aromatic nitrogens is 4. The number of halogens is 1. The second kappa shape index (κ2) is 10.4. The third kappa shape index (κ3) is 4.60. The Bertz CT molecular complexity index is 1820. The number of rotatable bonds is 7. The van der Waals surface area contributed by atoms with Gasteiger partial charge in [-0.15, -0.1) is 0 Å². The summed E-state index contributed by atoms with van der Waals surface area (Å²) < 4.78 is 18.1. The molecule has 0 saturated carbocycles. The van der Waals surface area contributed by atoms with Crippen molar-refractivity contribution in [2.24, 2.45) is 4.99 Å². The van der Waals surface area contributed by atoms with Crippen LogP contribution in [-0.2, 0) is 18.6 Å². The van der Waals surface area contributed by atoms with Crippen molar-refractivity contribution < 1.29 is 19.7 Å². The van der Waals surface area contributed by atoms with Gasteiger partial charge >= 0.3 is 0 Å². The van der Waals surface area contributed by atoms with Gasteiger partial charge in [0.2, 0.25) is 0 Å². The minimum atomic E-state index is -1.17. The largest absolute Gasteiger partial charge is 0.393 e. The van der Waals surface area contributed by atoms with E-state index in [1.165, 1.54) is 12.3 Å². The zero-order chi connectivity index (χ0) is 28.8. The number of hydrogen-bond donors (Lipinski definition) is 3. The fraction of sp³-hybridized carbons (Fsp3) is 0.267. The average Bonchev–Trinajstić information content (AvgIpc) is 3.29. The first-order valence-corrected chi connectivity index (χ1v) is 12.8. The molecule has 1 unspecified atom stereocenters. The standard InChI is InChI=1S/C30H30FN5O4/c1-30(2,3)19-10-17-13-33-36(29(40)27(17)22(31)11-19)25-7-5-6-24(21(25)15-37)35-14-18(12-32-4)20-8-9-23(26(39)16-38)34-28(20)35/h5-11,13-14,26,37-39H,4,12,15-16H2,1-3H3. The van der Waals surface area contributed by atoms with Gasteiger partial charge in [0.1, 0.15) is 17.6 Å². The van der Waals surface area contributed by atoms with Crippen LogP contribution in [0.5, 0.6) is 0 Å². The fourth-order valence-electron chi connectivity index (χ4n) is 4.88. The maximum Gasteiger partial charge on any atom is 0.282 e. The molecular formula is C30H30FN5O4. The number of fused-ring (bicyclic) bond motifs is 2. The molecule has 40 heavy (non-hydrogen) atoms. The maximum atomic E-state index is 15.3. The number of aliphatic hydroxyl groups is 3. The van der Waals surface area contributed by atoms with Crippen molar-refractivity contribution in [3.8, 4) is 11.4 Å². The smallest absolute Gasteiger partial charge is 0.282 e. The summed E-state index contributed by atoms with van der Waals surface area (Å²) >= 11 is 0. The predicted molar refractivity (Wildman–Crippen MR) is 152 cm³/mol. The Kier molecular flexibility index (Phi) is 7.09. The average molecular weight is 544 g/mol. The molecule has 2 aromatic carbocycles. The molecule has 0 saturated heterocycles. The molecule has 0 aliphatic heterocycles. The van der Waals surface area contributed by atoms with E-state index in [1.54, 1.807) is 47.2 Å². The second-order valence-electron chi connectivity index (χ2n) is 10.7. The van der Waals surface area contributed by atoms with Gasteiger partial charge in [0, 0.05) is 28.1 Å². The zero-order valence-electron chi connectivity index (χ0n) is 22.5. The first-order chi connectivity index (χ1) is 19.1. The van der Waals surface area contributed by atoms with E-state index in [0.717, 1.165) is 21.2 Å². The lowest BCUT2D eigenvalue weighted by Crippen LogP contribution is -2.24. The maximum absolute atomic E-state index is 15.3. The molecular weight excluding hydrogens is 513 g/mol. The molecule has 3 aromatic heterocycles. The van der Waals surface area contributed by atoms with Crippen LogP contribution >= 0.6 is 0 Å². The van der Waals surface area contributed by atoms with Gasteiger partial charge in [0.05, 0.1) is 48.4 Å². The number of nitrogens with zero attached hydrogens (tertiary/aromatic N) is 5. The highest BCUT2D eigenvalue weighted by atomic mass is 19.1. The zero-order valence-corrected chi connectivity index (χ0v) is 22.5. The van der Waals surface area contributed by atoms with Crippen molar-refractivity contribution in [3.63, 3.8) is 0 Å². The third-order valence-electron chi connectivity index (χ3n) is 7.03. The molecule has 0 radical (unpaired) electrons. The van der Waals surface area contributed by atoms with E-state index in [2.05, 4.69) is 21.8 Å². The highest BCUT2D eigenvalue weighted by Gasteiger charge is 2.22. The Morgan fingerprint density at radius 1 is 1.12 bits per heavy atom. The SMILES string of the molecule is C=NCc1cn(-c2cccc(-n3ncc4cc(C(C)(C)C)cc(F)c4c3=O)c2CO)c2nc(C(O)CO)ccc12. The summed E-state index contributed by atoms with van der Waals surface area (Å²) in [5.74, 6) is -0.637. The van der Waals surface area contributed by atoms with E-state index in [1.807, 2.05) is 20.8 Å². The van der Waals surface area contributed by atoms with Crippen LogP contribution in [0.1, 0.15) is 49.3 Å². The molecule has 206 valence electrons. The third-order valence-corrected chi connectivity index (χ3v) is 7.03. The molecule has 5 rings (SSSR count). The number of pyridine rings is 1. The van der Waals surface area contributed by atoms with E-state index in [-0.39, 0.29) is 22.2 Å². The Morgan fingerprint density at radius 3 is 2.55 bits per heavy atom. The van der Waals surface area contributed by atoms with Gasteiger partial charge in [-0.25, -0.2) is 9.37 Å². The van der Waals surface area contributed by atoms with Crippen LogP contribution in [0.25, 0.3) is 33.2 Å². The lowest BCUT2D eigenvalue weighted by molar-refractivity contribution is 0.0925. The lowest BCUT2D eigenvalue weighted by atomic mass is 9.86. The van der Waals surface area contributed by atoms with Crippen LogP contribution in [0.15, 0.2) is 64.6 Å². The van der Waals surface area contributed by atoms with Crippen LogP contribution in [0.2, 0.25) is 0 Å². The summed E-state index contributed by atoms with van der Waals surface area (Å²) in [5.41, 5.74) is 2.44. The number of hydrogen-bond acceptors (Lipinski definition) is 7. The Labute approximate surface area is 229 Å². The van der Waals surface area contributed by atoms with E-state index in [0.29, 0.717) is 28.8 Å². The first-order valence-electron chi connectivity index (χ1n) is 12.8. The molecule has 1 atom stereocenters. The van der Waals surface area contributed by atoms with Crippen molar-refractivity contribution in [1.29, 1.82) is 0 Å². The van der Waals surface area contributed by atoms with Gasteiger partial charge in [-0.05, 0) is 54.1 Å². The van der Waals surface area contributed by atoms with Crippen molar-refractivity contribution in [1.82, 2.24) is 19.3 Å². The van der Waals surface area contributed by atoms with E-state index in [4.69, 9.17) is 0 Å². The summed E-state index contributed by atoms with van der Waals surface area (Å²) in [6.07, 6.45) is 2.07. The number of benzene rings is 2. The second-order valence-corrected chi connectivity index (χ2v) is 10.7. The molecule has 0 amide bonds. The van der Waals surface area contributed by atoms with Gasteiger partial charge in [-0.3, -0.25) is 9.79 Å². The fourth-order valence-corrected chi connectivity index (χ4v) is 4.88. The number of aliphatic imine (C=N–C) groups is 1. The van der Waals surface area contributed by atoms with Gasteiger partial charge in [-0.2, -0.15) is 9.78 Å². The van der Waals surface area contributed by atoms with Gasteiger partial charge in [-0.1, -0.05) is 26.8 Å². The minimum absolute atomic E-state index is 0.0904.